The molecule has 2 aromatic heterocycles. The molecule has 1 aliphatic carbocycles. The fourth-order valence-electron chi connectivity index (χ4n) is 4.19. The Labute approximate surface area is 174 Å². The van der Waals surface area contributed by atoms with Crippen LogP contribution in [0.3, 0.4) is 0 Å². The van der Waals surface area contributed by atoms with Crippen molar-refractivity contribution in [1.82, 2.24) is 19.7 Å². The van der Waals surface area contributed by atoms with E-state index in [0.717, 1.165) is 23.5 Å². The molecule has 162 valence electrons. The van der Waals surface area contributed by atoms with Crippen LogP contribution in [0.5, 0.6) is 0 Å². The van der Waals surface area contributed by atoms with E-state index in [1.165, 1.54) is 0 Å². The Balaban J connectivity index is 1.61. The summed E-state index contributed by atoms with van der Waals surface area (Å²) in [5, 5.41) is 11.1. The molecule has 2 N–H and O–H groups in total. The monoisotopic (exact) mass is 418 g/mol. The first-order valence-corrected chi connectivity index (χ1v) is 10.4. The van der Waals surface area contributed by atoms with Gasteiger partial charge in [-0.25, -0.2) is 18.4 Å². The van der Waals surface area contributed by atoms with Gasteiger partial charge in [-0.1, -0.05) is 0 Å². The topological polar surface area (TPSA) is 75.1 Å². The Kier molecular flexibility index (Phi) is 5.38. The molecule has 1 saturated heterocycles. The van der Waals surface area contributed by atoms with E-state index in [9.17, 15) is 13.6 Å². The van der Waals surface area contributed by atoms with E-state index in [0.29, 0.717) is 31.0 Å². The third-order valence-corrected chi connectivity index (χ3v) is 5.88. The lowest BCUT2D eigenvalue weighted by molar-refractivity contribution is -0.127. The molecule has 7 nitrogen and oxygen atoms in total. The standard InChI is InChI=1S/C21H28F2N6O/c1-13-10-14(2)29(27-13)19-12-16(24-17-6-9-28(3)20(17)30)11-18(26-19)25-15-4-7-21(22,23)8-5-15/h10-12,15,17H,4-9H2,1-3H3,(H2,24,25,26). The molecule has 0 spiro atoms. The van der Waals surface area contributed by atoms with Gasteiger partial charge in [0.2, 0.25) is 11.8 Å². The van der Waals surface area contributed by atoms with E-state index < -0.39 is 5.92 Å². The molecular weight excluding hydrogens is 390 g/mol. The van der Waals surface area contributed by atoms with Gasteiger partial charge in [0, 0.05) is 56.0 Å². The third-order valence-electron chi connectivity index (χ3n) is 5.88. The maximum Gasteiger partial charge on any atom is 0.248 e. The highest BCUT2D eigenvalue weighted by Crippen LogP contribution is 2.34. The Bertz CT molecular complexity index is 934. The average Bonchev–Trinajstić information content (AvgIpc) is 3.19. The second kappa shape index (κ2) is 7.85. The number of amides is 1. The molecule has 30 heavy (non-hydrogen) atoms. The van der Waals surface area contributed by atoms with Crippen LogP contribution in [0.25, 0.3) is 5.82 Å². The van der Waals surface area contributed by atoms with Crippen LogP contribution in [0, 0.1) is 13.8 Å². The van der Waals surface area contributed by atoms with E-state index in [1.807, 2.05) is 32.0 Å². The van der Waals surface area contributed by atoms with Crippen molar-refractivity contribution in [3.63, 3.8) is 0 Å². The summed E-state index contributed by atoms with van der Waals surface area (Å²) in [5.41, 5.74) is 2.58. The van der Waals surface area contributed by atoms with Crippen molar-refractivity contribution in [1.29, 1.82) is 0 Å². The molecule has 1 atom stereocenters. The number of likely N-dealkylation sites (N-methyl/N-ethyl adjacent to an activating group) is 1. The van der Waals surface area contributed by atoms with Crippen LogP contribution in [0.1, 0.15) is 43.5 Å². The number of likely N-dealkylation sites (tertiary alicyclic amines) is 1. The lowest BCUT2D eigenvalue weighted by atomic mass is 9.92. The minimum Gasteiger partial charge on any atom is -0.373 e. The highest BCUT2D eigenvalue weighted by atomic mass is 19.3. The number of aryl methyl sites for hydroxylation is 2. The van der Waals surface area contributed by atoms with Crippen LogP contribution in [0.15, 0.2) is 18.2 Å². The fraction of sp³-hybridized carbons (Fsp3) is 0.571. The molecule has 0 aromatic carbocycles. The minimum atomic E-state index is -2.57. The normalized spacial score (nSPS) is 21.8. The molecule has 2 aromatic rings. The highest BCUT2D eigenvalue weighted by molar-refractivity contribution is 5.86. The second-order valence-electron chi connectivity index (χ2n) is 8.46. The van der Waals surface area contributed by atoms with Crippen molar-refractivity contribution >= 4 is 17.4 Å². The number of carbonyl (C=O) groups is 1. The number of nitrogens with zero attached hydrogens (tertiary/aromatic N) is 4. The number of anilines is 2. The van der Waals surface area contributed by atoms with Crippen molar-refractivity contribution in [3.8, 4) is 5.82 Å². The number of alkyl halides is 2. The third kappa shape index (κ3) is 4.39. The van der Waals surface area contributed by atoms with Gasteiger partial charge in [0.15, 0.2) is 5.82 Å². The lowest BCUT2D eigenvalue weighted by Gasteiger charge is -2.29. The molecule has 2 fully saturated rings. The summed E-state index contributed by atoms with van der Waals surface area (Å²) in [7, 11) is 1.80. The first-order valence-electron chi connectivity index (χ1n) is 10.4. The summed E-state index contributed by atoms with van der Waals surface area (Å²) < 4.78 is 28.8. The molecule has 9 heteroatoms. The lowest BCUT2D eigenvalue weighted by Crippen LogP contribution is -2.32. The number of hydrogen-bond donors (Lipinski definition) is 2. The van der Waals surface area contributed by atoms with Crippen molar-refractivity contribution in [3.05, 3.63) is 29.6 Å². The Morgan fingerprint density at radius 1 is 1.10 bits per heavy atom. The van der Waals surface area contributed by atoms with Crippen LogP contribution in [0.4, 0.5) is 20.3 Å². The minimum absolute atomic E-state index is 0.0556. The van der Waals surface area contributed by atoms with Crippen LogP contribution < -0.4 is 10.6 Å². The predicted octanol–water partition coefficient (Wildman–Crippen LogP) is 3.52. The molecule has 2 aliphatic rings. The maximum atomic E-state index is 13.5. The highest BCUT2D eigenvalue weighted by Gasteiger charge is 2.35. The van der Waals surface area contributed by atoms with Gasteiger partial charge < -0.3 is 15.5 Å². The largest absolute Gasteiger partial charge is 0.373 e. The maximum absolute atomic E-state index is 13.5. The van der Waals surface area contributed by atoms with Gasteiger partial charge >= 0.3 is 0 Å². The molecule has 4 rings (SSSR count). The Morgan fingerprint density at radius 3 is 2.43 bits per heavy atom. The number of rotatable bonds is 5. The van der Waals surface area contributed by atoms with E-state index >= 15 is 0 Å². The second-order valence-corrected chi connectivity index (χ2v) is 8.46. The van der Waals surface area contributed by atoms with Crippen molar-refractivity contribution < 1.29 is 13.6 Å². The fourth-order valence-corrected chi connectivity index (χ4v) is 4.19. The number of hydrogen-bond acceptors (Lipinski definition) is 5. The quantitative estimate of drug-likeness (QED) is 0.777. The summed E-state index contributed by atoms with van der Waals surface area (Å²) in [6.07, 6.45) is 1.29. The average molecular weight is 418 g/mol. The van der Waals surface area contributed by atoms with Gasteiger partial charge in [-0.3, -0.25) is 4.79 Å². The van der Waals surface area contributed by atoms with Crippen LogP contribution in [-0.4, -0.2) is 57.2 Å². The van der Waals surface area contributed by atoms with Gasteiger partial charge in [0.05, 0.1) is 5.69 Å². The first kappa shape index (κ1) is 20.6. The Morgan fingerprint density at radius 2 is 1.83 bits per heavy atom. The van der Waals surface area contributed by atoms with E-state index in [-0.39, 0.29) is 30.8 Å². The molecule has 0 bridgehead atoms. The van der Waals surface area contributed by atoms with Gasteiger partial charge in [-0.05, 0) is 39.2 Å². The number of pyridine rings is 1. The van der Waals surface area contributed by atoms with Gasteiger partial charge in [-0.2, -0.15) is 5.10 Å². The van der Waals surface area contributed by atoms with E-state index in [4.69, 9.17) is 0 Å². The van der Waals surface area contributed by atoms with Gasteiger partial charge in [0.1, 0.15) is 11.9 Å². The van der Waals surface area contributed by atoms with Gasteiger partial charge in [-0.15, -0.1) is 0 Å². The summed E-state index contributed by atoms with van der Waals surface area (Å²) in [6, 6.07) is 5.33. The molecule has 1 unspecified atom stereocenters. The van der Waals surface area contributed by atoms with Crippen LogP contribution >= 0.6 is 0 Å². The number of nitrogens with one attached hydrogen (secondary N) is 2. The summed E-state index contributed by atoms with van der Waals surface area (Å²) >= 11 is 0. The smallest absolute Gasteiger partial charge is 0.248 e. The van der Waals surface area contributed by atoms with Crippen molar-refractivity contribution in [2.45, 2.75) is 64.0 Å². The SMILES string of the molecule is Cc1cc(C)n(-c2cc(NC3CCN(C)C3=O)cc(NC3CCC(F)(F)CC3)n2)n1. The molecule has 1 saturated carbocycles. The first-order chi connectivity index (χ1) is 14.2. The molecule has 0 radical (unpaired) electrons. The molecule has 3 heterocycles. The molecule has 1 amide bonds. The molecular formula is C21H28F2N6O. The van der Waals surface area contributed by atoms with E-state index in [1.54, 1.807) is 16.6 Å². The zero-order valence-electron chi connectivity index (χ0n) is 17.6. The summed E-state index contributed by atoms with van der Waals surface area (Å²) in [4.78, 5) is 18.7. The van der Waals surface area contributed by atoms with E-state index in [2.05, 4.69) is 20.7 Å². The van der Waals surface area contributed by atoms with Crippen molar-refractivity contribution in [2.75, 3.05) is 24.2 Å². The summed E-state index contributed by atoms with van der Waals surface area (Å²) in [6.45, 7) is 4.58. The Hall–Kier alpha value is -2.71. The van der Waals surface area contributed by atoms with Crippen LogP contribution in [0.2, 0.25) is 0 Å². The van der Waals surface area contributed by atoms with Crippen LogP contribution in [-0.2, 0) is 4.79 Å². The zero-order chi connectivity index (χ0) is 21.5. The number of aromatic nitrogens is 3. The van der Waals surface area contributed by atoms with Crippen molar-refractivity contribution in [2.24, 2.45) is 0 Å². The molecule has 1 aliphatic heterocycles. The predicted molar refractivity (Wildman–Crippen MR) is 111 cm³/mol. The number of carbonyl (C=O) groups excluding carboxylic acids is 1. The summed E-state index contributed by atoms with van der Waals surface area (Å²) in [5.74, 6) is -1.30. The zero-order valence-corrected chi connectivity index (χ0v) is 17.6. The van der Waals surface area contributed by atoms with Gasteiger partial charge in [0.25, 0.3) is 0 Å². The number of halogens is 2.